The van der Waals surface area contributed by atoms with E-state index < -0.39 is 11.8 Å². The van der Waals surface area contributed by atoms with Crippen molar-refractivity contribution in [1.82, 2.24) is 20.0 Å². The number of para-hydroxylation sites is 1. The Labute approximate surface area is 177 Å². The van der Waals surface area contributed by atoms with Crippen LogP contribution in [0.4, 0.5) is 0 Å². The standard InChI is InChI=1S/C22H20N6O3/c1-12-19(26-27-28(12)11-13-7-9-14(31-2)10-8-13)18-17(21(23)29)15-5-3-4-6-16(15)25-20(18)22(24)30/h3-10H,11H2,1-2H3,(H2,23,29)(H2,24,30). The molecule has 0 atom stereocenters. The predicted molar refractivity (Wildman–Crippen MR) is 115 cm³/mol. The number of hydrogen-bond acceptors (Lipinski definition) is 6. The van der Waals surface area contributed by atoms with Crippen LogP contribution in [0.5, 0.6) is 5.75 Å². The number of benzene rings is 2. The van der Waals surface area contributed by atoms with Gasteiger partial charge in [0.25, 0.3) is 5.91 Å². The molecule has 2 heterocycles. The molecule has 0 fully saturated rings. The molecule has 0 unspecified atom stereocenters. The van der Waals surface area contributed by atoms with Gasteiger partial charge in [0.15, 0.2) is 0 Å². The number of nitrogens with zero attached hydrogens (tertiary/aromatic N) is 4. The first-order valence-electron chi connectivity index (χ1n) is 9.46. The first-order chi connectivity index (χ1) is 14.9. The Morgan fingerprint density at radius 1 is 1.03 bits per heavy atom. The number of carbonyl (C=O) groups is 2. The van der Waals surface area contributed by atoms with Gasteiger partial charge in [0.2, 0.25) is 5.91 Å². The van der Waals surface area contributed by atoms with Crippen LogP contribution in [0, 0.1) is 6.92 Å². The van der Waals surface area contributed by atoms with Gasteiger partial charge in [-0.05, 0) is 30.7 Å². The van der Waals surface area contributed by atoms with Gasteiger partial charge in [-0.3, -0.25) is 9.59 Å². The van der Waals surface area contributed by atoms with E-state index in [0.717, 1.165) is 11.3 Å². The summed E-state index contributed by atoms with van der Waals surface area (Å²) in [6.07, 6.45) is 0. The predicted octanol–water partition coefficient (Wildman–Crippen LogP) is 2.06. The van der Waals surface area contributed by atoms with E-state index in [4.69, 9.17) is 16.2 Å². The van der Waals surface area contributed by atoms with Crippen molar-refractivity contribution in [3.8, 4) is 17.0 Å². The Morgan fingerprint density at radius 2 is 1.74 bits per heavy atom. The summed E-state index contributed by atoms with van der Waals surface area (Å²) >= 11 is 0. The van der Waals surface area contributed by atoms with Crippen LogP contribution in [0.25, 0.3) is 22.2 Å². The lowest BCUT2D eigenvalue weighted by Crippen LogP contribution is -2.21. The first-order valence-corrected chi connectivity index (χ1v) is 9.46. The van der Waals surface area contributed by atoms with E-state index in [1.54, 1.807) is 43.0 Å². The van der Waals surface area contributed by atoms with Gasteiger partial charge in [0, 0.05) is 10.9 Å². The van der Waals surface area contributed by atoms with Crippen molar-refractivity contribution in [3.63, 3.8) is 0 Å². The molecule has 0 aliphatic heterocycles. The minimum absolute atomic E-state index is 0.0768. The van der Waals surface area contributed by atoms with Crippen molar-refractivity contribution in [2.45, 2.75) is 13.5 Å². The molecule has 0 bridgehead atoms. The normalized spacial score (nSPS) is 10.9. The van der Waals surface area contributed by atoms with Gasteiger partial charge < -0.3 is 16.2 Å². The first kappa shape index (κ1) is 20.0. The molecule has 9 nitrogen and oxygen atoms in total. The number of primary amides is 2. The zero-order chi connectivity index (χ0) is 22.1. The highest BCUT2D eigenvalue weighted by molar-refractivity contribution is 6.15. The molecule has 156 valence electrons. The number of rotatable bonds is 6. The van der Waals surface area contributed by atoms with E-state index in [2.05, 4.69) is 15.3 Å². The summed E-state index contributed by atoms with van der Waals surface area (Å²) in [4.78, 5) is 29.0. The number of hydrogen-bond donors (Lipinski definition) is 2. The molecule has 31 heavy (non-hydrogen) atoms. The monoisotopic (exact) mass is 416 g/mol. The number of nitrogens with two attached hydrogens (primary N) is 2. The van der Waals surface area contributed by atoms with Crippen molar-refractivity contribution in [2.24, 2.45) is 11.5 Å². The van der Waals surface area contributed by atoms with Crippen LogP contribution in [0.3, 0.4) is 0 Å². The smallest absolute Gasteiger partial charge is 0.268 e. The van der Waals surface area contributed by atoms with E-state index in [0.29, 0.717) is 28.8 Å². The van der Waals surface area contributed by atoms with Gasteiger partial charge >= 0.3 is 0 Å². The Kier molecular flexibility index (Phi) is 5.08. The Hall–Kier alpha value is -4.27. The molecule has 0 aliphatic rings. The molecule has 4 aromatic rings. The van der Waals surface area contributed by atoms with Gasteiger partial charge in [-0.1, -0.05) is 35.5 Å². The number of carbonyl (C=O) groups excluding carboxylic acids is 2. The highest BCUT2D eigenvalue weighted by Crippen LogP contribution is 2.32. The van der Waals surface area contributed by atoms with E-state index in [9.17, 15) is 9.59 Å². The van der Waals surface area contributed by atoms with Gasteiger partial charge in [0.1, 0.15) is 17.1 Å². The Bertz CT molecular complexity index is 1310. The fourth-order valence-electron chi connectivity index (χ4n) is 3.52. The van der Waals surface area contributed by atoms with Crippen LogP contribution in [0.1, 0.15) is 32.1 Å². The maximum atomic E-state index is 12.4. The van der Waals surface area contributed by atoms with Crippen molar-refractivity contribution < 1.29 is 14.3 Å². The van der Waals surface area contributed by atoms with E-state index in [-0.39, 0.29) is 16.8 Å². The summed E-state index contributed by atoms with van der Waals surface area (Å²) < 4.78 is 6.85. The SMILES string of the molecule is COc1ccc(Cn2nnc(-c3c(C(N)=O)nc4ccccc4c3C(N)=O)c2C)cc1. The van der Waals surface area contributed by atoms with E-state index >= 15 is 0 Å². The van der Waals surface area contributed by atoms with Crippen LogP contribution in [-0.2, 0) is 6.54 Å². The molecular weight excluding hydrogens is 396 g/mol. The molecule has 0 saturated carbocycles. The average molecular weight is 416 g/mol. The van der Waals surface area contributed by atoms with Crippen LogP contribution in [0.15, 0.2) is 48.5 Å². The molecule has 0 saturated heterocycles. The molecule has 2 amide bonds. The summed E-state index contributed by atoms with van der Waals surface area (Å²) in [5.74, 6) is -0.744. The zero-order valence-electron chi connectivity index (χ0n) is 17.0. The minimum Gasteiger partial charge on any atom is -0.497 e. The van der Waals surface area contributed by atoms with Gasteiger partial charge in [0.05, 0.1) is 30.4 Å². The van der Waals surface area contributed by atoms with Gasteiger partial charge in [-0.2, -0.15) is 0 Å². The lowest BCUT2D eigenvalue weighted by molar-refractivity contribution is 0.0996. The van der Waals surface area contributed by atoms with Crippen molar-refractivity contribution >= 4 is 22.7 Å². The third kappa shape index (κ3) is 3.57. The zero-order valence-corrected chi connectivity index (χ0v) is 17.0. The largest absolute Gasteiger partial charge is 0.497 e. The van der Waals surface area contributed by atoms with Crippen LogP contribution in [0.2, 0.25) is 0 Å². The second-order valence-electron chi connectivity index (χ2n) is 6.99. The summed E-state index contributed by atoms with van der Waals surface area (Å²) in [7, 11) is 1.60. The number of ether oxygens (including phenoxy) is 1. The highest BCUT2D eigenvalue weighted by Gasteiger charge is 2.26. The number of methoxy groups -OCH3 is 1. The van der Waals surface area contributed by atoms with Crippen molar-refractivity contribution in [1.29, 1.82) is 0 Å². The fourth-order valence-corrected chi connectivity index (χ4v) is 3.52. The van der Waals surface area contributed by atoms with Crippen LogP contribution >= 0.6 is 0 Å². The third-order valence-electron chi connectivity index (χ3n) is 5.08. The molecule has 2 aromatic carbocycles. The van der Waals surface area contributed by atoms with Crippen LogP contribution in [-0.4, -0.2) is 38.9 Å². The lowest BCUT2D eigenvalue weighted by Gasteiger charge is -2.13. The second-order valence-corrected chi connectivity index (χ2v) is 6.99. The molecule has 9 heteroatoms. The second kappa shape index (κ2) is 7.86. The Balaban J connectivity index is 1.88. The third-order valence-corrected chi connectivity index (χ3v) is 5.08. The Morgan fingerprint density at radius 3 is 2.39 bits per heavy atom. The van der Waals surface area contributed by atoms with Crippen LogP contribution < -0.4 is 16.2 Å². The molecule has 0 radical (unpaired) electrons. The summed E-state index contributed by atoms with van der Waals surface area (Å²) in [5.41, 5.74) is 13.9. The number of pyridine rings is 1. The fraction of sp³-hybridized carbons (Fsp3) is 0.136. The number of fused-ring (bicyclic) bond motifs is 1. The summed E-state index contributed by atoms with van der Waals surface area (Å²) in [6.45, 7) is 2.23. The average Bonchev–Trinajstić information content (AvgIpc) is 3.12. The molecule has 2 aromatic heterocycles. The number of amides is 2. The highest BCUT2D eigenvalue weighted by atomic mass is 16.5. The molecule has 0 aliphatic carbocycles. The lowest BCUT2D eigenvalue weighted by atomic mass is 9.96. The van der Waals surface area contributed by atoms with E-state index in [1.165, 1.54) is 0 Å². The maximum Gasteiger partial charge on any atom is 0.268 e. The minimum atomic E-state index is -0.785. The summed E-state index contributed by atoms with van der Waals surface area (Å²) in [6, 6.07) is 14.5. The van der Waals surface area contributed by atoms with Gasteiger partial charge in [-0.15, -0.1) is 5.10 Å². The molecule has 4 N–H and O–H groups in total. The quantitative estimate of drug-likeness (QED) is 0.493. The molecular formula is C22H20N6O3. The topological polar surface area (TPSA) is 139 Å². The van der Waals surface area contributed by atoms with E-state index in [1.807, 2.05) is 24.3 Å². The van der Waals surface area contributed by atoms with Gasteiger partial charge in [-0.25, -0.2) is 9.67 Å². The number of aromatic nitrogens is 4. The molecule has 4 rings (SSSR count). The van der Waals surface area contributed by atoms with Crippen molar-refractivity contribution in [2.75, 3.05) is 7.11 Å². The molecule has 0 spiro atoms. The van der Waals surface area contributed by atoms with Crippen molar-refractivity contribution in [3.05, 3.63) is 71.0 Å². The maximum absolute atomic E-state index is 12.4. The summed E-state index contributed by atoms with van der Waals surface area (Å²) in [5, 5.41) is 8.97.